The Labute approximate surface area is 172 Å². The lowest BCUT2D eigenvalue weighted by Gasteiger charge is -2.16. The van der Waals surface area contributed by atoms with E-state index >= 15 is 0 Å². The maximum Gasteiger partial charge on any atom is 0.413 e. The number of benzene rings is 1. The van der Waals surface area contributed by atoms with Gasteiger partial charge in [0.15, 0.2) is 16.9 Å². The molecular formula is C18H14ClF3N6O2. The molecule has 8 nitrogen and oxygen atoms in total. The van der Waals surface area contributed by atoms with Gasteiger partial charge in [-0.15, -0.1) is 0 Å². The normalized spacial score (nSPS) is 13.0. The van der Waals surface area contributed by atoms with Crippen LogP contribution in [0, 0.1) is 0 Å². The number of fused-ring (bicyclic) bond motifs is 2. The molecule has 4 aromatic rings. The standard InChI is InChI=1S/C18H14ClF3N6O2/c1-8(18(20,21)22)25-17(29)30-13-7-24-16-15(13)26-11(6-23-16)14-10-4-3-9(19)5-12(10)28(2)27-14/h3-8H,1-2H3,(H,23,24)(H,25,29). The molecule has 0 saturated carbocycles. The molecule has 1 unspecified atom stereocenters. The minimum Gasteiger partial charge on any atom is -0.406 e. The van der Waals surface area contributed by atoms with Gasteiger partial charge in [-0.1, -0.05) is 11.6 Å². The zero-order chi connectivity index (χ0) is 21.6. The van der Waals surface area contributed by atoms with E-state index in [0.29, 0.717) is 22.1 Å². The molecule has 3 heterocycles. The van der Waals surface area contributed by atoms with Crippen LogP contribution in [0.15, 0.2) is 30.6 Å². The second-order valence-electron chi connectivity index (χ2n) is 6.54. The minimum absolute atomic E-state index is 0.0606. The van der Waals surface area contributed by atoms with Gasteiger partial charge in [0, 0.05) is 23.7 Å². The molecule has 0 spiro atoms. The van der Waals surface area contributed by atoms with E-state index in [9.17, 15) is 18.0 Å². The molecule has 0 aliphatic heterocycles. The molecule has 156 valence electrons. The van der Waals surface area contributed by atoms with Crippen molar-refractivity contribution < 1.29 is 22.7 Å². The van der Waals surface area contributed by atoms with Gasteiger partial charge in [-0.05, 0) is 25.1 Å². The number of nitrogens with zero attached hydrogens (tertiary/aromatic N) is 4. The molecule has 3 aromatic heterocycles. The van der Waals surface area contributed by atoms with Crippen molar-refractivity contribution in [3.63, 3.8) is 0 Å². The van der Waals surface area contributed by atoms with Crippen molar-refractivity contribution in [3.05, 3.63) is 35.6 Å². The molecule has 12 heteroatoms. The number of aromatic nitrogens is 5. The van der Waals surface area contributed by atoms with Crippen LogP contribution in [0.3, 0.4) is 0 Å². The van der Waals surface area contributed by atoms with Crippen molar-refractivity contribution in [1.82, 2.24) is 30.0 Å². The number of ether oxygens (including phenoxy) is 1. The number of halogens is 4. The summed E-state index contributed by atoms with van der Waals surface area (Å²) < 4.78 is 44.5. The summed E-state index contributed by atoms with van der Waals surface area (Å²) in [6, 6.07) is 3.21. The molecule has 0 fully saturated rings. The number of carbonyl (C=O) groups is 1. The molecule has 30 heavy (non-hydrogen) atoms. The molecule has 0 aliphatic carbocycles. The van der Waals surface area contributed by atoms with Crippen molar-refractivity contribution in [2.75, 3.05) is 0 Å². The van der Waals surface area contributed by atoms with E-state index in [-0.39, 0.29) is 11.3 Å². The Morgan fingerprint density at radius 2 is 2.13 bits per heavy atom. The van der Waals surface area contributed by atoms with Crippen molar-refractivity contribution in [3.8, 4) is 17.1 Å². The maximum atomic E-state index is 12.6. The number of amides is 1. The maximum absolute atomic E-state index is 12.6. The number of hydrogen-bond donors (Lipinski definition) is 2. The quantitative estimate of drug-likeness (QED) is 0.499. The van der Waals surface area contributed by atoms with E-state index in [2.05, 4.69) is 20.1 Å². The molecule has 0 saturated heterocycles. The van der Waals surface area contributed by atoms with Crippen molar-refractivity contribution in [2.45, 2.75) is 19.1 Å². The van der Waals surface area contributed by atoms with E-state index in [1.807, 2.05) is 0 Å². The summed E-state index contributed by atoms with van der Waals surface area (Å²) in [5.41, 5.74) is 2.18. The Kier molecular flexibility index (Phi) is 4.77. The first kappa shape index (κ1) is 20.0. The summed E-state index contributed by atoms with van der Waals surface area (Å²) in [6.45, 7) is 0.812. The van der Waals surface area contributed by atoms with Crippen LogP contribution in [-0.4, -0.2) is 43.0 Å². The van der Waals surface area contributed by atoms with E-state index in [1.54, 1.807) is 35.2 Å². The second-order valence-corrected chi connectivity index (χ2v) is 6.97. The summed E-state index contributed by atoms with van der Waals surface area (Å²) in [6.07, 6.45) is -3.06. The zero-order valence-corrected chi connectivity index (χ0v) is 16.3. The van der Waals surface area contributed by atoms with E-state index in [4.69, 9.17) is 16.3 Å². The average molecular weight is 439 g/mol. The van der Waals surface area contributed by atoms with Crippen LogP contribution < -0.4 is 10.1 Å². The highest BCUT2D eigenvalue weighted by Gasteiger charge is 2.37. The minimum atomic E-state index is -4.59. The predicted octanol–water partition coefficient (Wildman–Crippen LogP) is 4.20. The number of aromatic amines is 1. The molecule has 1 aromatic carbocycles. The molecule has 2 N–H and O–H groups in total. The van der Waals surface area contributed by atoms with Gasteiger partial charge in [0.05, 0.1) is 11.7 Å². The lowest BCUT2D eigenvalue weighted by molar-refractivity contribution is -0.149. The highest BCUT2D eigenvalue weighted by atomic mass is 35.5. The Hall–Kier alpha value is -3.34. The number of aryl methyl sites for hydroxylation is 1. The number of nitrogens with one attached hydrogen (secondary N) is 2. The largest absolute Gasteiger partial charge is 0.413 e. The highest BCUT2D eigenvalue weighted by Crippen LogP contribution is 2.30. The van der Waals surface area contributed by atoms with Gasteiger partial charge in [0.2, 0.25) is 0 Å². The van der Waals surface area contributed by atoms with Crippen LogP contribution in [0.2, 0.25) is 5.02 Å². The number of rotatable bonds is 3. The van der Waals surface area contributed by atoms with Gasteiger partial charge < -0.3 is 15.0 Å². The summed E-state index contributed by atoms with van der Waals surface area (Å²) >= 11 is 6.04. The Bertz CT molecular complexity index is 1270. The van der Waals surface area contributed by atoms with Gasteiger partial charge >= 0.3 is 12.3 Å². The predicted molar refractivity (Wildman–Crippen MR) is 103 cm³/mol. The summed E-state index contributed by atoms with van der Waals surface area (Å²) in [4.78, 5) is 23.3. The fourth-order valence-electron chi connectivity index (χ4n) is 2.87. The van der Waals surface area contributed by atoms with Crippen molar-refractivity contribution in [2.24, 2.45) is 7.05 Å². The third-order valence-corrected chi connectivity index (χ3v) is 4.67. The van der Waals surface area contributed by atoms with Crippen molar-refractivity contribution >= 4 is 39.8 Å². The monoisotopic (exact) mass is 438 g/mol. The number of hydrogen-bond acceptors (Lipinski definition) is 5. The van der Waals surface area contributed by atoms with Crippen LogP contribution in [0.5, 0.6) is 5.75 Å². The zero-order valence-electron chi connectivity index (χ0n) is 15.6. The Morgan fingerprint density at radius 1 is 1.37 bits per heavy atom. The van der Waals surface area contributed by atoms with Crippen LogP contribution in [0.25, 0.3) is 33.5 Å². The lowest BCUT2D eigenvalue weighted by atomic mass is 10.2. The molecular weight excluding hydrogens is 425 g/mol. The topological polar surface area (TPSA) is 97.7 Å². The third-order valence-electron chi connectivity index (χ3n) is 4.43. The Balaban J connectivity index is 1.68. The van der Waals surface area contributed by atoms with Gasteiger partial charge in [0.1, 0.15) is 17.4 Å². The van der Waals surface area contributed by atoms with Gasteiger partial charge in [-0.25, -0.2) is 14.8 Å². The fraction of sp³-hybridized carbons (Fsp3) is 0.222. The van der Waals surface area contributed by atoms with E-state index < -0.39 is 18.3 Å². The summed E-state index contributed by atoms with van der Waals surface area (Å²) in [5.74, 6) is -0.0606. The Morgan fingerprint density at radius 3 is 2.87 bits per heavy atom. The fourth-order valence-corrected chi connectivity index (χ4v) is 3.03. The summed E-state index contributed by atoms with van der Waals surface area (Å²) in [7, 11) is 1.76. The molecule has 1 amide bonds. The molecule has 0 bridgehead atoms. The van der Waals surface area contributed by atoms with Crippen LogP contribution in [0.4, 0.5) is 18.0 Å². The van der Waals surface area contributed by atoms with Gasteiger partial charge in [-0.2, -0.15) is 18.3 Å². The lowest BCUT2D eigenvalue weighted by Crippen LogP contribution is -2.44. The average Bonchev–Trinajstić information content (AvgIpc) is 3.21. The highest BCUT2D eigenvalue weighted by molar-refractivity contribution is 6.31. The van der Waals surface area contributed by atoms with Gasteiger partial charge in [0.25, 0.3) is 0 Å². The van der Waals surface area contributed by atoms with Crippen LogP contribution in [0.1, 0.15) is 6.92 Å². The first-order valence-electron chi connectivity index (χ1n) is 8.65. The second kappa shape index (κ2) is 7.17. The molecule has 0 aliphatic rings. The smallest absolute Gasteiger partial charge is 0.406 e. The SMILES string of the molecule is CC(NC(=O)Oc1c[nH]c2ncc(-c3nn(C)c4cc(Cl)ccc34)nc12)C(F)(F)F. The number of H-pyrrole nitrogens is 1. The molecule has 4 rings (SSSR count). The van der Waals surface area contributed by atoms with Crippen LogP contribution in [-0.2, 0) is 7.05 Å². The molecule has 0 radical (unpaired) electrons. The first-order chi connectivity index (χ1) is 14.1. The van der Waals surface area contributed by atoms with Crippen molar-refractivity contribution in [1.29, 1.82) is 0 Å². The molecule has 1 atom stereocenters. The van der Waals surface area contributed by atoms with Gasteiger partial charge in [-0.3, -0.25) is 4.68 Å². The van der Waals surface area contributed by atoms with E-state index in [1.165, 1.54) is 12.4 Å². The van der Waals surface area contributed by atoms with E-state index in [0.717, 1.165) is 17.8 Å². The summed E-state index contributed by atoms with van der Waals surface area (Å²) in [5, 5.41) is 7.51. The van der Waals surface area contributed by atoms with Crippen LogP contribution >= 0.6 is 11.6 Å². The first-order valence-corrected chi connectivity index (χ1v) is 9.03. The number of alkyl halides is 3. The third kappa shape index (κ3) is 3.63. The number of carbonyl (C=O) groups excluding carboxylic acids is 1.